The van der Waals surface area contributed by atoms with E-state index in [0.29, 0.717) is 38.5 Å². The Kier molecular flexibility index (Phi) is 6.22. The molecule has 4 rings (SSSR count). The highest BCUT2D eigenvalue weighted by Gasteiger charge is 2.18. The van der Waals surface area contributed by atoms with Crippen LogP contribution in [-0.2, 0) is 12.3 Å². The van der Waals surface area contributed by atoms with Gasteiger partial charge in [0, 0.05) is 17.1 Å². The molecule has 0 aliphatic carbocycles. The summed E-state index contributed by atoms with van der Waals surface area (Å²) in [5.74, 6) is 0.198. The summed E-state index contributed by atoms with van der Waals surface area (Å²) in [5.41, 5.74) is 2.84. The molecule has 1 amide bonds. The summed E-state index contributed by atoms with van der Waals surface area (Å²) in [6.45, 7) is 8.44. The van der Waals surface area contributed by atoms with Crippen molar-refractivity contribution in [3.05, 3.63) is 60.6 Å². The maximum absolute atomic E-state index is 13.0. The molecule has 0 spiro atoms. The molecule has 0 bridgehead atoms. The number of aromatic nitrogens is 4. The third-order valence-electron chi connectivity index (χ3n) is 4.87. The van der Waals surface area contributed by atoms with Gasteiger partial charge in [-0.2, -0.15) is 0 Å². The fraction of sp³-hybridized carbons (Fsp3) is 0.286. The average molecular weight is 472 g/mol. The lowest BCUT2D eigenvalue weighted by Crippen LogP contribution is -2.22. The van der Waals surface area contributed by atoms with Crippen molar-refractivity contribution < 1.29 is 4.79 Å². The minimum absolute atomic E-state index is 0.00715. The smallest absolute Gasteiger partial charge is 0.286 e. The second-order valence-corrected chi connectivity index (χ2v) is 10.2. The van der Waals surface area contributed by atoms with Gasteiger partial charge in [0.1, 0.15) is 9.84 Å². The largest absolute Gasteiger partial charge is 0.320 e. The number of rotatable bonds is 6. The average Bonchev–Trinajstić information content (AvgIpc) is 3.33. The van der Waals surface area contributed by atoms with E-state index in [0.717, 1.165) is 20.8 Å². The highest BCUT2D eigenvalue weighted by molar-refractivity contribution is 7.98. The lowest BCUT2D eigenvalue weighted by molar-refractivity contribution is 0.102. The van der Waals surface area contributed by atoms with Crippen molar-refractivity contribution in [2.75, 3.05) is 5.32 Å². The first-order valence-corrected chi connectivity index (χ1v) is 12.3. The molecule has 1 aromatic carbocycles. The number of aryl methyl sites for hydroxylation is 3. The number of amides is 1. The Hall–Kier alpha value is -2.56. The van der Waals surface area contributed by atoms with E-state index in [2.05, 4.69) is 15.5 Å². The molecule has 0 radical (unpaired) electrons. The number of carbonyl (C=O) groups excluding carboxylic acids is 1. The molecule has 7 nitrogen and oxygen atoms in total. The van der Waals surface area contributed by atoms with Crippen LogP contribution in [0.3, 0.4) is 0 Å². The van der Waals surface area contributed by atoms with Gasteiger partial charge in [-0.1, -0.05) is 40.8 Å². The van der Waals surface area contributed by atoms with Crippen LogP contribution in [-0.4, -0.2) is 25.7 Å². The van der Waals surface area contributed by atoms with Crippen molar-refractivity contribution in [1.29, 1.82) is 0 Å². The van der Waals surface area contributed by atoms with E-state index in [-0.39, 0.29) is 11.5 Å². The lowest BCUT2D eigenvalue weighted by Gasteiger charge is -2.09. The van der Waals surface area contributed by atoms with Crippen molar-refractivity contribution in [1.82, 2.24) is 19.7 Å². The summed E-state index contributed by atoms with van der Waals surface area (Å²) in [5, 5.41) is 13.4. The SMILES string of the molecule is CCn1c(SCc2nnc(C(=O)Nc3ccc(C)cc3)s2)nc2sc(C)c(C)c2c1=O. The third-order valence-corrected chi connectivity index (χ3v) is 8.06. The molecule has 31 heavy (non-hydrogen) atoms. The van der Waals surface area contributed by atoms with Crippen molar-refractivity contribution in [2.45, 2.75) is 45.1 Å². The monoisotopic (exact) mass is 471 g/mol. The van der Waals surface area contributed by atoms with E-state index < -0.39 is 0 Å². The van der Waals surface area contributed by atoms with Gasteiger partial charge < -0.3 is 5.32 Å². The van der Waals surface area contributed by atoms with E-state index >= 15 is 0 Å². The fourth-order valence-corrected chi connectivity index (χ4v) is 5.90. The molecule has 0 atom stereocenters. The van der Waals surface area contributed by atoms with Crippen LogP contribution in [0.15, 0.2) is 34.2 Å². The van der Waals surface area contributed by atoms with Crippen LogP contribution in [0.4, 0.5) is 5.69 Å². The molecule has 160 valence electrons. The summed E-state index contributed by atoms with van der Waals surface area (Å²) in [6, 6.07) is 7.58. The van der Waals surface area contributed by atoms with Crippen LogP contribution in [0.2, 0.25) is 0 Å². The Labute approximate surface area is 191 Å². The second kappa shape index (κ2) is 8.89. The Morgan fingerprint density at radius 2 is 1.87 bits per heavy atom. The highest BCUT2D eigenvalue weighted by atomic mass is 32.2. The van der Waals surface area contributed by atoms with Gasteiger partial charge in [0.25, 0.3) is 11.5 Å². The number of nitrogens with zero attached hydrogens (tertiary/aromatic N) is 4. The van der Waals surface area contributed by atoms with Crippen molar-refractivity contribution in [3.63, 3.8) is 0 Å². The Balaban J connectivity index is 1.50. The van der Waals surface area contributed by atoms with Gasteiger partial charge >= 0.3 is 0 Å². The number of fused-ring (bicyclic) bond motifs is 1. The molecule has 4 aromatic rings. The number of carbonyl (C=O) groups is 1. The maximum atomic E-state index is 13.0. The summed E-state index contributed by atoms with van der Waals surface area (Å²) in [7, 11) is 0. The standard InChI is InChI=1S/C21H21N5O2S3/c1-5-26-20(28)16-12(3)13(4)30-18(16)23-21(26)29-10-15-24-25-19(31-15)17(27)22-14-8-6-11(2)7-9-14/h6-9H,5,10H2,1-4H3,(H,22,27). The summed E-state index contributed by atoms with van der Waals surface area (Å²) in [4.78, 5) is 32.0. The Morgan fingerprint density at radius 3 is 2.58 bits per heavy atom. The van der Waals surface area contributed by atoms with Crippen LogP contribution in [0.25, 0.3) is 10.2 Å². The van der Waals surface area contributed by atoms with E-state index in [4.69, 9.17) is 4.98 Å². The van der Waals surface area contributed by atoms with Crippen molar-refractivity contribution in [2.24, 2.45) is 0 Å². The Bertz CT molecular complexity index is 1320. The van der Waals surface area contributed by atoms with E-state index in [9.17, 15) is 9.59 Å². The molecule has 0 aliphatic heterocycles. The third kappa shape index (κ3) is 4.41. The Morgan fingerprint density at radius 1 is 1.13 bits per heavy atom. The number of benzene rings is 1. The normalized spacial score (nSPS) is 11.2. The summed E-state index contributed by atoms with van der Waals surface area (Å²) < 4.78 is 1.69. The van der Waals surface area contributed by atoms with Crippen LogP contribution >= 0.6 is 34.4 Å². The number of hydrogen-bond acceptors (Lipinski definition) is 8. The van der Waals surface area contributed by atoms with E-state index in [1.54, 1.807) is 15.9 Å². The van der Waals surface area contributed by atoms with E-state index in [1.165, 1.54) is 23.1 Å². The van der Waals surface area contributed by atoms with Crippen LogP contribution < -0.4 is 10.9 Å². The topological polar surface area (TPSA) is 89.8 Å². The molecule has 0 fully saturated rings. The number of thiophene rings is 1. The zero-order chi connectivity index (χ0) is 22.1. The highest BCUT2D eigenvalue weighted by Crippen LogP contribution is 2.30. The summed E-state index contributed by atoms with van der Waals surface area (Å²) >= 11 is 4.22. The molecule has 0 aliphatic rings. The fourth-order valence-electron chi connectivity index (χ4n) is 3.05. The zero-order valence-electron chi connectivity index (χ0n) is 17.6. The van der Waals surface area contributed by atoms with Crippen molar-refractivity contribution >= 4 is 56.2 Å². The van der Waals surface area contributed by atoms with Gasteiger partial charge in [0.05, 0.1) is 11.1 Å². The number of anilines is 1. The first-order valence-electron chi connectivity index (χ1n) is 9.71. The molecule has 0 saturated heterocycles. The molecule has 3 heterocycles. The molecule has 0 unspecified atom stereocenters. The first kappa shape index (κ1) is 21.7. The second-order valence-electron chi connectivity index (χ2n) is 7.02. The van der Waals surface area contributed by atoms with E-state index in [1.807, 2.05) is 52.0 Å². The molecule has 1 N–H and O–H groups in total. The minimum Gasteiger partial charge on any atom is -0.320 e. The van der Waals surface area contributed by atoms with Crippen molar-refractivity contribution in [3.8, 4) is 0 Å². The first-order chi connectivity index (χ1) is 14.9. The van der Waals surface area contributed by atoms with Crippen LogP contribution in [0.1, 0.15) is 37.7 Å². The molecular weight excluding hydrogens is 450 g/mol. The van der Waals surface area contributed by atoms with Gasteiger partial charge in [-0.15, -0.1) is 21.5 Å². The maximum Gasteiger partial charge on any atom is 0.286 e. The number of hydrogen-bond donors (Lipinski definition) is 1. The summed E-state index contributed by atoms with van der Waals surface area (Å²) in [6.07, 6.45) is 0. The quantitative estimate of drug-likeness (QED) is 0.321. The molecule has 10 heteroatoms. The van der Waals surface area contributed by atoms with Crippen LogP contribution in [0.5, 0.6) is 0 Å². The van der Waals surface area contributed by atoms with Gasteiger partial charge in [0.15, 0.2) is 5.16 Å². The van der Waals surface area contributed by atoms with Crippen LogP contribution in [0, 0.1) is 20.8 Å². The lowest BCUT2D eigenvalue weighted by atomic mass is 10.2. The van der Waals surface area contributed by atoms with Gasteiger partial charge in [-0.05, 0) is 45.4 Å². The molecule has 3 aromatic heterocycles. The molecule has 0 saturated carbocycles. The van der Waals surface area contributed by atoms with Gasteiger partial charge in [0.2, 0.25) is 5.01 Å². The predicted molar refractivity (Wildman–Crippen MR) is 128 cm³/mol. The predicted octanol–water partition coefficient (Wildman–Crippen LogP) is 4.80. The number of nitrogens with one attached hydrogen (secondary N) is 1. The molecular formula is C21H21N5O2S3. The number of thioether (sulfide) groups is 1. The van der Waals surface area contributed by atoms with Gasteiger partial charge in [-0.3, -0.25) is 14.2 Å². The minimum atomic E-state index is -0.285. The van der Waals surface area contributed by atoms with Gasteiger partial charge in [-0.25, -0.2) is 4.98 Å². The zero-order valence-corrected chi connectivity index (χ0v) is 20.0.